The molecule has 3 aromatic rings. The SMILES string of the molecule is O=C(c1ccccc1C(F)(F)F)N(Cc1ccccn1)c1ccccc1O. The van der Waals surface area contributed by atoms with Crippen molar-refractivity contribution in [1.82, 2.24) is 4.98 Å². The predicted molar refractivity (Wildman–Crippen MR) is 94.3 cm³/mol. The van der Waals surface area contributed by atoms with Gasteiger partial charge in [0, 0.05) is 6.20 Å². The molecule has 0 bridgehead atoms. The van der Waals surface area contributed by atoms with Crippen molar-refractivity contribution in [3.8, 4) is 5.75 Å². The molecule has 1 amide bonds. The molecule has 1 heterocycles. The summed E-state index contributed by atoms with van der Waals surface area (Å²) >= 11 is 0. The van der Waals surface area contributed by atoms with Crippen LogP contribution in [0.5, 0.6) is 5.75 Å². The largest absolute Gasteiger partial charge is 0.506 e. The monoisotopic (exact) mass is 372 g/mol. The third-order valence-corrected chi connectivity index (χ3v) is 3.93. The van der Waals surface area contributed by atoms with Crippen LogP contribution in [-0.4, -0.2) is 16.0 Å². The number of halogens is 3. The standard InChI is InChI=1S/C20H15F3N2O2/c21-20(22,23)16-9-2-1-8-15(16)19(27)25(13-14-7-5-6-12-24-14)17-10-3-4-11-18(17)26/h1-12,26H,13H2. The number of amides is 1. The van der Waals surface area contributed by atoms with Crippen molar-refractivity contribution in [3.05, 3.63) is 89.7 Å². The first-order chi connectivity index (χ1) is 12.9. The van der Waals surface area contributed by atoms with E-state index in [2.05, 4.69) is 4.98 Å². The number of aromatic nitrogens is 1. The van der Waals surface area contributed by atoms with Crippen molar-refractivity contribution in [2.45, 2.75) is 12.7 Å². The van der Waals surface area contributed by atoms with Gasteiger partial charge in [0.25, 0.3) is 5.91 Å². The Kier molecular flexibility index (Phi) is 5.12. The Hall–Kier alpha value is -3.35. The Labute approximate surface area is 153 Å². The lowest BCUT2D eigenvalue weighted by molar-refractivity contribution is -0.137. The molecule has 0 aliphatic carbocycles. The summed E-state index contributed by atoms with van der Waals surface area (Å²) in [6, 6.07) is 15.6. The number of benzene rings is 2. The highest BCUT2D eigenvalue weighted by Crippen LogP contribution is 2.35. The second-order valence-corrected chi connectivity index (χ2v) is 5.74. The number of rotatable bonds is 4. The van der Waals surface area contributed by atoms with Crippen LogP contribution in [0, 0.1) is 0 Å². The highest BCUT2D eigenvalue weighted by atomic mass is 19.4. The summed E-state index contributed by atoms with van der Waals surface area (Å²) in [5.74, 6) is -1.10. The summed E-state index contributed by atoms with van der Waals surface area (Å²) in [5.41, 5.74) is -0.954. The summed E-state index contributed by atoms with van der Waals surface area (Å²) in [4.78, 5) is 18.3. The first kappa shape index (κ1) is 18.4. The van der Waals surface area contributed by atoms with Crippen LogP contribution in [0.25, 0.3) is 0 Å². The van der Waals surface area contributed by atoms with Gasteiger partial charge in [-0.1, -0.05) is 30.3 Å². The number of pyridine rings is 1. The Morgan fingerprint density at radius 3 is 2.30 bits per heavy atom. The molecule has 0 saturated heterocycles. The van der Waals surface area contributed by atoms with Crippen molar-refractivity contribution in [2.24, 2.45) is 0 Å². The molecule has 138 valence electrons. The van der Waals surface area contributed by atoms with Gasteiger partial charge in [0.05, 0.1) is 29.1 Å². The number of hydrogen-bond acceptors (Lipinski definition) is 3. The lowest BCUT2D eigenvalue weighted by atomic mass is 10.0. The quantitative estimate of drug-likeness (QED) is 0.725. The van der Waals surface area contributed by atoms with Gasteiger partial charge in [0.2, 0.25) is 0 Å². The number of carbonyl (C=O) groups is 1. The minimum atomic E-state index is -4.68. The van der Waals surface area contributed by atoms with Gasteiger partial charge in [0.15, 0.2) is 0 Å². The Morgan fingerprint density at radius 2 is 1.63 bits per heavy atom. The van der Waals surface area contributed by atoms with Gasteiger partial charge < -0.3 is 5.11 Å². The van der Waals surface area contributed by atoms with Crippen LogP contribution in [0.3, 0.4) is 0 Å². The summed E-state index contributed by atoms with van der Waals surface area (Å²) < 4.78 is 40.0. The van der Waals surface area contributed by atoms with E-state index >= 15 is 0 Å². The highest BCUT2D eigenvalue weighted by molar-refractivity contribution is 6.07. The van der Waals surface area contributed by atoms with Gasteiger partial charge in [-0.15, -0.1) is 0 Å². The first-order valence-corrected chi connectivity index (χ1v) is 8.04. The fourth-order valence-corrected chi connectivity index (χ4v) is 2.67. The molecule has 1 N–H and O–H groups in total. The van der Waals surface area contributed by atoms with Gasteiger partial charge in [-0.2, -0.15) is 13.2 Å². The van der Waals surface area contributed by atoms with Gasteiger partial charge in [-0.05, 0) is 36.4 Å². The second-order valence-electron chi connectivity index (χ2n) is 5.74. The summed E-state index contributed by atoms with van der Waals surface area (Å²) in [5, 5.41) is 10.1. The maximum atomic E-state index is 13.3. The average Bonchev–Trinajstić information content (AvgIpc) is 2.66. The summed E-state index contributed by atoms with van der Waals surface area (Å²) in [7, 11) is 0. The minimum absolute atomic E-state index is 0.0938. The number of hydrogen-bond donors (Lipinski definition) is 1. The Balaban J connectivity index is 2.09. The van der Waals surface area contributed by atoms with Crippen LogP contribution in [0.4, 0.5) is 18.9 Å². The fraction of sp³-hybridized carbons (Fsp3) is 0.100. The Bertz CT molecular complexity index is 943. The van der Waals surface area contributed by atoms with E-state index in [1.54, 1.807) is 30.3 Å². The molecule has 0 spiro atoms. The van der Waals surface area contributed by atoms with E-state index in [1.165, 1.54) is 30.5 Å². The maximum absolute atomic E-state index is 13.3. The van der Waals surface area contributed by atoms with E-state index in [0.717, 1.165) is 17.0 Å². The van der Waals surface area contributed by atoms with Crippen molar-refractivity contribution < 1.29 is 23.1 Å². The molecule has 2 aromatic carbocycles. The first-order valence-electron chi connectivity index (χ1n) is 8.04. The average molecular weight is 372 g/mol. The van der Waals surface area contributed by atoms with Crippen LogP contribution in [0.15, 0.2) is 72.9 Å². The molecule has 0 saturated carbocycles. The molecule has 0 fully saturated rings. The van der Waals surface area contributed by atoms with Crippen molar-refractivity contribution >= 4 is 11.6 Å². The minimum Gasteiger partial charge on any atom is -0.506 e. The summed E-state index contributed by atoms with van der Waals surface area (Å²) in [6.07, 6.45) is -3.16. The maximum Gasteiger partial charge on any atom is 0.417 e. The summed E-state index contributed by atoms with van der Waals surface area (Å²) in [6.45, 7) is -0.0938. The second kappa shape index (κ2) is 7.49. The number of carbonyl (C=O) groups excluding carboxylic acids is 1. The zero-order valence-electron chi connectivity index (χ0n) is 14.0. The number of nitrogens with zero attached hydrogens (tertiary/aromatic N) is 2. The molecule has 27 heavy (non-hydrogen) atoms. The third-order valence-electron chi connectivity index (χ3n) is 3.93. The fourth-order valence-electron chi connectivity index (χ4n) is 2.67. The zero-order chi connectivity index (χ0) is 19.4. The molecule has 0 aliphatic heterocycles. The van der Waals surface area contributed by atoms with E-state index in [1.807, 2.05) is 0 Å². The topological polar surface area (TPSA) is 53.4 Å². The predicted octanol–water partition coefficient (Wildman–Crippen LogP) is 4.65. The number of para-hydroxylation sites is 2. The molecular weight excluding hydrogens is 357 g/mol. The number of phenols is 1. The van der Waals surface area contributed by atoms with Gasteiger partial charge in [-0.25, -0.2) is 0 Å². The smallest absolute Gasteiger partial charge is 0.417 e. The molecule has 0 unspecified atom stereocenters. The van der Waals surface area contributed by atoms with E-state index in [9.17, 15) is 23.1 Å². The van der Waals surface area contributed by atoms with E-state index in [0.29, 0.717) is 5.69 Å². The van der Waals surface area contributed by atoms with Crippen LogP contribution >= 0.6 is 0 Å². The molecule has 0 aliphatic rings. The third kappa shape index (κ3) is 4.08. The van der Waals surface area contributed by atoms with E-state index in [4.69, 9.17) is 0 Å². The molecule has 1 aromatic heterocycles. The van der Waals surface area contributed by atoms with Crippen molar-refractivity contribution in [3.63, 3.8) is 0 Å². The van der Waals surface area contributed by atoms with Crippen LogP contribution < -0.4 is 4.90 Å². The lowest BCUT2D eigenvalue weighted by Gasteiger charge is -2.25. The molecule has 0 radical (unpaired) electrons. The van der Waals surface area contributed by atoms with Gasteiger partial charge >= 0.3 is 6.18 Å². The van der Waals surface area contributed by atoms with E-state index < -0.39 is 23.2 Å². The van der Waals surface area contributed by atoms with Crippen LogP contribution in [-0.2, 0) is 12.7 Å². The van der Waals surface area contributed by atoms with Crippen molar-refractivity contribution in [2.75, 3.05) is 4.90 Å². The lowest BCUT2D eigenvalue weighted by Crippen LogP contribution is -2.32. The number of aromatic hydroxyl groups is 1. The normalized spacial score (nSPS) is 11.2. The molecule has 0 atom stereocenters. The number of phenolic OH excluding ortho intramolecular Hbond substituents is 1. The number of anilines is 1. The zero-order valence-corrected chi connectivity index (χ0v) is 14.0. The van der Waals surface area contributed by atoms with Crippen molar-refractivity contribution in [1.29, 1.82) is 0 Å². The van der Waals surface area contributed by atoms with Gasteiger partial charge in [-0.3, -0.25) is 14.7 Å². The Morgan fingerprint density at radius 1 is 0.963 bits per heavy atom. The number of alkyl halides is 3. The van der Waals surface area contributed by atoms with E-state index in [-0.39, 0.29) is 18.0 Å². The molecule has 4 nitrogen and oxygen atoms in total. The molecule has 7 heteroatoms. The molecular formula is C20H15F3N2O2. The highest BCUT2D eigenvalue weighted by Gasteiger charge is 2.36. The van der Waals surface area contributed by atoms with Gasteiger partial charge in [0.1, 0.15) is 5.75 Å². The van der Waals surface area contributed by atoms with Crippen LogP contribution in [0.1, 0.15) is 21.6 Å². The van der Waals surface area contributed by atoms with Crippen LogP contribution in [0.2, 0.25) is 0 Å². The molecule has 3 rings (SSSR count).